The van der Waals surface area contributed by atoms with Crippen LogP contribution in [-0.4, -0.2) is 33.4 Å². The summed E-state index contributed by atoms with van der Waals surface area (Å²) in [6.45, 7) is 18.9. The predicted molar refractivity (Wildman–Crippen MR) is 114 cm³/mol. The van der Waals surface area contributed by atoms with E-state index >= 15 is 0 Å². The van der Waals surface area contributed by atoms with E-state index in [1.807, 2.05) is 18.2 Å². The summed E-state index contributed by atoms with van der Waals surface area (Å²) in [5.74, 6) is 1.17. The minimum atomic E-state index is -1.98. The van der Waals surface area contributed by atoms with Gasteiger partial charge in [0.2, 0.25) is 0 Å². The monoisotopic (exact) mass is 406 g/mol. The smallest absolute Gasteiger partial charge is 0.196 e. The fourth-order valence-electron chi connectivity index (χ4n) is 4.03. The average Bonchev–Trinajstić information content (AvgIpc) is 2.66. The Balaban J connectivity index is 1.71. The van der Waals surface area contributed by atoms with Gasteiger partial charge in [0.1, 0.15) is 6.10 Å². The van der Waals surface area contributed by atoms with Crippen LogP contribution in [-0.2, 0) is 18.6 Å². The fourth-order valence-corrected chi connectivity index (χ4v) is 6.57. The standard InChI is InChI=1S/C23H38O4Si/c1-15(2)23(5,6)28(7,8)27-21-17(4)16(3)20-19(25-21)14-24-22(26-20)18-12-10-9-11-13-18/h9-13,15-17,19-22H,14H2,1-8H3/t16-,17?,19?,20+,21+,22?/m1/s1. The lowest BCUT2D eigenvalue weighted by Crippen LogP contribution is -2.58. The maximum absolute atomic E-state index is 6.75. The summed E-state index contributed by atoms with van der Waals surface area (Å²) in [4.78, 5) is 0. The third-order valence-electron chi connectivity index (χ3n) is 7.62. The second kappa shape index (κ2) is 8.19. The molecular weight excluding hydrogens is 368 g/mol. The Kier molecular flexibility index (Phi) is 6.43. The van der Waals surface area contributed by atoms with Crippen LogP contribution in [0.2, 0.25) is 18.1 Å². The highest BCUT2D eigenvalue weighted by atomic mass is 28.4. The molecule has 0 spiro atoms. The summed E-state index contributed by atoms with van der Waals surface area (Å²) in [6, 6.07) is 10.2. The largest absolute Gasteiger partial charge is 0.392 e. The lowest BCUT2D eigenvalue weighted by molar-refractivity contribution is -0.332. The first-order chi connectivity index (χ1) is 13.0. The molecule has 1 aromatic rings. The molecule has 1 aromatic carbocycles. The van der Waals surface area contributed by atoms with Gasteiger partial charge < -0.3 is 18.6 Å². The average molecular weight is 407 g/mol. The quantitative estimate of drug-likeness (QED) is 0.583. The van der Waals surface area contributed by atoms with E-state index in [-0.39, 0.29) is 35.7 Å². The van der Waals surface area contributed by atoms with Crippen LogP contribution in [0.4, 0.5) is 0 Å². The molecule has 0 aromatic heterocycles. The molecule has 4 nitrogen and oxygen atoms in total. The van der Waals surface area contributed by atoms with Crippen molar-refractivity contribution in [3.05, 3.63) is 35.9 Å². The number of hydrogen-bond acceptors (Lipinski definition) is 4. The summed E-state index contributed by atoms with van der Waals surface area (Å²) in [7, 11) is -1.98. The highest BCUT2D eigenvalue weighted by Crippen LogP contribution is 2.47. The molecule has 0 N–H and O–H groups in total. The van der Waals surface area contributed by atoms with Crippen molar-refractivity contribution in [3.8, 4) is 0 Å². The zero-order chi connectivity index (χ0) is 20.7. The molecular formula is C23H38O4Si. The summed E-state index contributed by atoms with van der Waals surface area (Å²) in [5.41, 5.74) is 1.06. The normalized spacial score (nSPS) is 34.3. The Morgan fingerprint density at radius 1 is 1.04 bits per heavy atom. The topological polar surface area (TPSA) is 36.9 Å². The molecule has 158 valence electrons. The van der Waals surface area contributed by atoms with Crippen LogP contribution in [0, 0.1) is 17.8 Å². The Labute approximate surface area is 172 Å². The van der Waals surface area contributed by atoms with E-state index in [1.165, 1.54) is 0 Å². The van der Waals surface area contributed by atoms with Crippen molar-refractivity contribution in [1.82, 2.24) is 0 Å². The molecule has 3 unspecified atom stereocenters. The highest BCUT2D eigenvalue weighted by molar-refractivity contribution is 6.74. The second-order valence-corrected chi connectivity index (χ2v) is 14.5. The highest BCUT2D eigenvalue weighted by Gasteiger charge is 2.51. The van der Waals surface area contributed by atoms with E-state index in [2.05, 4.69) is 66.8 Å². The first-order valence-electron chi connectivity index (χ1n) is 10.7. The van der Waals surface area contributed by atoms with Gasteiger partial charge in [-0.15, -0.1) is 0 Å². The molecule has 0 saturated carbocycles. The fraction of sp³-hybridized carbons (Fsp3) is 0.739. The predicted octanol–water partition coefficient (Wildman–Crippen LogP) is 5.76. The zero-order valence-corrected chi connectivity index (χ0v) is 19.8. The van der Waals surface area contributed by atoms with Gasteiger partial charge in [-0.1, -0.05) is 71.9 Å². The van der Waals surface area contributed by atoms with Crippen molar-refractivity contribution in [2.75, 3.05) is 6.61 Å². The second-order valence-electron chi connectivity index (χ2n) is 9.94. The molecule has 2 aliphatic heterocycles. The first kappa shape index (κ1) is 22.0. The van der Waals surface area contributed by atoms with Gasteiger partial charge in [-0.05, 0) is 30.0 Å². The number of fused-ring (bicyclic) bond motifs is 1. The van der Waals surface area contributed by atoms with Crippen LogP contribution in [0.25, 0.3) is 0 Å². The van der Waals surface area contributed by atoms with Crippen molar-refractivity contribution >= 4 is 8.32 Å². The molecule has 5 heteroatoms. The number of benzene rings is 1. The van der Waals surface area contributed by atoms with Crippen LogP contribution in [0.5, 0.6) is 0 Å². The molecule has 0 radical (unpaired) electrons. The molecule has 0 bridgehead atoms. The minimum Gasteiger partial charge on any atom is -0.392 e. The van der Waals surface area contributed by atoms with E-state index in [0.717, 1.165) is 5.56 Å². The number of rotatable bonds is 5. The lowest BCUT2D eigenvalue weighted by Gasteiger charge is -2.51. The molecule has 0 aliphatic carbocycles. The van der Waals surface area contributed by atoms with Gasteiger partial charge in [0, 0.05) is 11.5 Å². The summed E-state index contributed by atoms with van der Waals surface area (Å²) >= 11 is 0. The number of hydrogen-bond donors (Lipinski definition) is 0. The lowest BCUT2D eigenvalue weighted by atomic mass is 9.84. The van der Waals surface area contributed by atoms with Crippen molar-refractivity contribution in [2.45, 2.75) is 84.5 Å². The molecule has 3 rings (SSSR count). The van der Waals surface area contributed by atoms with Gasteiger partial charge in [0.05, 0.1) is 12.7 Å². The van der Waals surface area contributed by atoms with E-state index in [9.17, 15) is 0 Å². The van der Waals surface area contributed by atoms with Gasteiger partial charge >= 0.3 is 0 Å². The minimum absolute atomic E-state index is 0.0247. The van der Waals surface area contributed by atoms with Crippen LogP contribution in [0.3, 0.4) is 0 Å². The molecule has 28 heavy (non-hydrogen) atoms. The Morgan fingerprint density at radius 3 is 2.29 bits per heavy atom. The van der Waals surface area contributed by atoms with Gasteiger partial charge in [-0.2, -0.15) is 0 Å². The van der Waals surface area contributed by atoms with Crippen LogP contribution in [0.1, 0.15) is 53.4 Å². The van der Waals surface area contributed by atoms with Gasteiger partial charge in [-0.25, -0.2) is 0 Å². The van der Waals surface area contributed by atoms with Crippen molar-refractivity contribution < 1.29 is 18.6 Å². The first-order valence-corrected chi connectivity index (χ1v) is 13.6. The molecule has 2 fully saturated rings. The third-order valence-corrected chi connectivity index (χ3v) is 12.1. The maximum Gasteiger partial charge on any atom is 0.196 e. The Hall–Kier alpha value is -0.723. The van der Waals surface area contributed by atoms with E-state index in [0.29, 0.717) is 18.4 Å². The number of ether oxygens (including phenoxy) is 3. The van der Waals surface area contributed by atoms with Crippen molar-refractivity contribution in [3.63, 3.8) is 0 Å². The molecule has 6 atom stereocenters. The maximum atomic E-state index is 6.75. The van der Waals surface area contributed by atoms with Crippen LogP contribution >= 0.6 is 0 Å². The molecule has 2 aliphatic rings. The molecule has 2 saturated heterocycles. The molecule has 2 heterocycles. The van der Waals surface area contributed by atoms with Gasteiger partial charge in [0.15, 0.2) is 20.9 Å². The Morgan fingerprint density at radius 2 is 1.68 bits per heavy atom. The summed E-state index contributed by atoms with van der Waals surface area (Å²) in [5, 5.41) is 0.161. The third kappa shape index (κ3) is 4.10. The van der Waals surface area contributed by atoms with Crippen LogP contribution < -0.4 is 0 Å². The van der Waals surface area contributed by atoms with Crippen molar-refractivity contribution in [2.24, 2.45) is 17.8 Å². The van der Waals surface area contributed by atoms with Gasteiger partial charge in [-0.3, -0.25) is 0 Å². The SMILES string of the molecule is CC1[C@H](O[Si](C)(C)C(C)(C)C(C)C)OC2COC(c3ccccc3)O[C@H]2[C@@H]1C. The molecule has 0 amide bonds. The van der Waals surface area contributed by atoms with Crippen molar-refractivity contribution in [1.29, 1.82) is 0 Å². The van der Waals surface area contributed by atoms with E-state index < -0.39 is 8.32 Å². The van der Waals surface area contributed by atoms with Gasteiger partial charge in [0.25, 0.3) is 0 Å². The van der Waals surface area contributed by atoms with Crippen LogP contribution in [0.15, 0.2) is 30.3 Å². The summed E-state index contributed by atoms with van der Waals surface area (Å²) in [6.07, 6.45) is -0.569. The van der Waals surface area contributed by atoms with E-state index in [1.54, 1.807) is 0 Å². The summed E-state index contributed by atoms with van der Waals surface area (Å²) < 4.78 is 25.5. The van der Waals surface area contributed by atoms with E-state index in [4.69, 9.17) is 18.6 Å². The Bertz CT molecular complexity index is 643. The zero-order valence-electron chi connectivity index (χ0n) is 18.8.